The minimum atomic E-state index is -1.09. The topological polar surface area (TPSA) is 57.5 Å². The number of carbonyl (C=O) groups is 1. The molecule has 0 amide bonds. The zero-order chi connectivity index (χ0) is 9.30. The van der Waals surface area contributed by atoms with Crippen molar-refractivity contribution in [3.05, 3.63) is 28.3 Å². The van der Waals surface area contributed by atoms with Gasteiger partial charge in [0.15, 0.2) is 0 Å². The Labute approximate surface area is 74.2 Å². The van der Waals surface area contributed by atoms with E-state index < -0.39 is 5.97 Å². The first kappa shape index (κ1) is 8.87. The van der Waals surface area contributed by atoms with E-state index >= 15 is 0 Å². The van der Waals surface area contributed by atoms with Gasteiger partial charge in [0.25, 0.3) is 0 Å². The number of hydrogen-bond acceptors (Lipinski definition) is 2. The molecule has 0 bridgehead atoms. The standard InChI is InChI=1S/C8H7ClO3/c1-4-6(8(11)12)2-5(10)3-7(4)9/h2-3,10H,1H3,(H,11,12). The number of halogens is 1. The largest absolute Gasteiger partial charge is 0.508 e. The van der Waals surface area contributed by atoms with Gasteiger partial charge in [0.05, 0.1) is 5.56 Å². The maximum atomic E-state index is 10.6. The fraction of sp³-hybridized carbons (Fsp3) is 0.125. The molecule has 1 rings (SSSR count). The molecule has 0 aliphatic rings. The summed E-state index contributed by atoms with van der Waals surface area (Å²) in [4.78, 5) is 10.6. The fourth-order valence-electron chi connectivity index (χ4n) is 0.887. The number of aromatic carboxylic acids is 1. The molecule has 1 aromatic carbocycles. The molecule has 0 fully saturated rings. The predicted molar refractivity (Wildman–Crippen MR) is 44.8 cm³/mol. The summed E-state index contributed by atoms with van der Waals surface area (Å²) in [6.45, 7) is 1.59. The third-order valence-corrected chi connectivity index (χ3v) is 1.95. The Morgan fingerprint density at radius 2 is 2.08 bits per heavy atom. The Balaban J connectivity index is 3.37. The quantitative estimate of drug-likeness (QED) is 0.706. The van der Waals surface area contributed by atoms with Crippen molar-refractivity contribution < 1.29 is 15.0 Å². The van der Waals surface area contributed by atoms with Gasteiger partial charge in [0, 0.05) is 5.02 Å². The van der Waals surface area contributed by atoms with E-state index in [0.29, 0.717) is 5.56 Å². The second-order valence-electron chi connectivity index (χ2n) is 2.41. The van der Waals surface area contributed by atoms with Crippen LogP contribution in [0, 0.1) is 6.92 Å². The molecule has 0 radical (unpaired) electrons. The van der Waals surface area contributed by atoms with E-state index in [0.717, 1.165) is 0 Å². The molecule has 4 heteroatoms. The Morgan fingerprint density at radius 1 is 1.50 bits per heavy atom. The molecule has 0 aliphatic heterocycles. The van der Waals surface area contributed by atoms with Crippen LogP contribution in [-0.2, 0) is 0 Å². The number of carboxylic acids is 1. The van der Waals surface area contributed by atoms with Crippen LogP contribution in [0.15, 0.2) is 12.1 Å². The van der Waals surface area contributed by atoms with E-state index in [9.17, 15) is 4.79 Å². The molecule has 12 heavy (non-hydrogen) atoms. The third-order valence-electron chi connectivity index (χ3n) is 1.56. The Morgan fingerprint density at radius 3 is 2.58 bits per heavy atom. The summed E-state index contributed by atoms with van der Waals surface area (Å²) in [5.41, 5.74) is 0.488. The second-order valence-corrected chi connectivity index (χ2v) is 2.81. The van der Waals surface area contributed by atoms with Crippen molar-refractivity contribution in [1.29, 1.82) is 0 Å². The van der Waals surface area contributed by atoms with Crippen molar-refractivity contribution >= 4 is 17.6 Å². The highest BCUT2D eigenvalue weighted by atomic mass is 35.5. The van der Waals surface area contributed by atoms with Gasteiger partial charge in [0.1, 0.15) is 5.75 Å². The highest BCUT2D eigenvalue weighted by Crippen LogP contribution is 2.24. The summed E-state index contributed by atoms with van der Waals surface area (Å²) in [5, 5.41) is 17.9. The van der Waals surface area contributed by atoms with Gasteiger partial charge in [0.2, 0.25) is 0 Å². The first-order valence-electron chi connectivity index (χ1n) is 3.25. The van der Waals surface area contributed by atoms with Crippen molar-refractivity contribution in [3.8, 4) is 5.75 Å². The van der Waals surface area contributed by atoms with E-state index in [1.807, 2.05) is 0 Å². The van der Waals surface area contributed by atoms with Crippen LogP contribution in [0.1, 0.15) is 15.9 Å². The maximum Gasteiger partial charge on any atom is 0.336 e. The highest BCUT2D eigenvalue weighted by molar-refractivity contribution is 6.32. The van der Waals surface area contributed by atoms with Crippen molar-refractivity contribution in [2.75, 3.05) is 0 Å². The summed E-state index contributed by atoms with van der Waals surface area (Å²) in [6.07, 6.45) is 0. The normalized spacial score (nSPS) is 9.83. The Kier molecular flexibility index (Phi) is 2.24. The van der Waals surface area contributed by atoms with Gasteiger partial charge in [-0.2, -0.15) is 0 Å². The van der Waals surface area contributed by atoms with Crippen LogP contribution in [0.4, 0.5) is 0 Å². The fourth-order valence-corrected chi connectivity index (χ4v) is 1.10. The smallest absolute Gasteiger partial charge is 0.336 e. The van der Waals surface area contributed by atoms with Crippen LogP contribution >= 0.6 is 11.6 Å². The van der Waals surface area contributed by atoms with Gasteiger partial charge in [-0.15, -0.1) is 0 Å². The van der Waals surface area contributed by atoms with Crippen molar-refractivity contribution in [1.82, 2.24) is 0 Å². The van der Waals surface area contributed by atoms with Crippen LogP contribution in [0.2, 0.25) is 5.02 Å². The molecule has 0 saturated carbocycles. The van der Waals surface area contributed by atoms with E-state index in [-0.39, 0.29) is 16.3 Å². The van der Waals surface area contributed by atoms with E-state index in [1.165, 1.54) is 12.1 Å². The predicted octanol–water partition coefficient (Wildman–Crippen LogP) is 2.05. The minimum Gasteiger partial charge on any atom is -0.508 e. The van der Waals surface area contributed by atoms with Gasteiger partial charge in [-0.1, -0.05) is 11.6 Å². The molecular weight excluding hydrogens is 180 g/mol. The maximum absolute atomic E-state index is 10.6. The molecule has 0 spiro atoms. The van der Waals surface area contributed by atoms with Gasteiger partial charge >= 0.3 is 5.97 Å². The lowest BCUT2D eigenvalue weighted by Gasteiger charge is -2.03. The zero-order valence-corrected chi connectivity index (χ0v) is 7.09. The minimum absolute atomic E-state index is 0.0278. The Bertz CT molecular complexity index is 333. The lowest BCUT2D eigenvalue weighted by atomic mass is 10.1. The molecule has 2 N–H and O–H groups in total. The number of carboxylic acid groups (broad SMARTS) is 1. The molecule has 0 aliphatic carbocycles. The van der Waals surface area contributed by atoms with Crippen molar-refractivity contribution in [3.63, 3.8) is 0 Å². The molecule has 1 aromatic rings. The first-order chi connectivity index (χ1) is 5.52. The van der Waals surface area contributed by atoms with Gasteiger partial charge in [-0.05, 0) is 24.6 Å². The lowest BCUT2D eigenvalue weighted by Crippen LogP contribution is -1.99. The Hall–Kier alpha value is -1.22. The number of phenols is 1. The number of rotatable bonds is 1. The lowest BCUT2D eigenvalue weighted by molar-refractivity contribution is 0.0695. The van der Waals surface area contributed by atoms with E-state index in [1.54, 1.807) is 6.92 Å². The van der Waals surface area contributed by atoms with Crippen LogP contribution in [0.25, 0.3) is 0 Å². The van der Waals surface area contributed by atoms with Crippen molar-refractivity contribution in [2.24, 2.45) is 0 Å². The van der Waals surface area contributed by atoms with Crippen LogP contribution in [0.3, 0.4) is 0 Å². The molecule has 0 saturated heterocycles. The zero-order valence-electron chi connectivity index (χ0n) is 6.34. The molecule has 0 atom stereocenters. The number of benzene rings is 1. The molecule has 0 unspecified atom stereocenters. The summed E-state index contributed by atoms with van der Waals surface area (Å²) >= 11 is 5.64. The monoisotopic (exact) mass is 186 g/mol. The van der Waals surface area contributed by atoms with Gasteiger partial charge < -0.3 is 10.2 Å². The SMILES string of the molecule is Cc1c(Cl)cc(O)cc1C(=O)O. The molecule has 0 aromatic heterocycles. The summed E-state index contributed by atoms with van der Waals surface area (Å²) in [7, 11) is 0. The van der Waals surface area contributed by atoms with E-state index in [4.69, 9.17) is 21.8 Å². The van der Waals surface area contributed by atoms with Gasteiger partial charge in [-0.3, -0.25) is 0 Å². The summed E-state index contributed by atoms with van der Waals surface area (Å²) < 4.78 is 0. The van der Waals surface area contributed by atoms with Crippen LogP contribution < -0.4 is 0 Å². The molecule has 3 nitrogen and oxygen atoms in total. The number of hydrogen-bond donors (Lipinski definition) is 2. The van der Waals surface area contributed by atoms with Crippen LogP contribution in [0.5, 0.6) is 5.75 Å². The van der Waals surface area contributed by atoms with Gasteiger partial charge in [-0.25, -0.2) is 4.79 Å². The van der Waals surface area contributed by atoms with Crippen molar-refractivity contribution in [2.45, 2.75) is 6.92 Å². The highest BCUT2D eigenvalue weighted by Gasteiger charge is 2.10. The second kappa shape index (κ2) is 3.03. The average Bonchev–Trinajstić information content (AvgIpc) is 1.96. The summed E-state index contributed by atoms with van der Waals surface area (Å²) in [5.74, 6) is -1.23. The average molecular weight is 187 g/mol. The van der Waals surface area contributed by atoms with E-state index in [2.05, 4.69) is 0 Å². The molecule has 64 valence electrons. The first-order valence-corrected chi connectivity index (χ1v) is 3.62. The van der Waals surface area contributed by atoms with Crippen LogP contribution in [-0.4, -0.2) is 16.2 Å². The summed E-state index contributed by atoms with van der Waals surface area (Å²) in [6, 6.07) is 2.48. The number of phenolic OH excluding ortho intramolecular Hbond substituents is 1. The number of aromatic hydroxyl groups is 1. The molecule has 0 heterocycles. The molecular formula is C8H7ClO3. The third kappa shape index (κ3) is 1.51.